The maximum Gasteiger partial charge on any atom is 0.248 e. The molecule has 0 spiro atoms. The lowest BCUT2D eigenvalue weighted by molar-refractivity contribution is -0.129. The van der Waals surface area contributed by atoms with Gasteiger partial charge in [0.2, 0.25) is 11.8 Å². The zero-order valence-corrected chi connectivity index (χ0v) is 19.6. The number of nitrogens with zero attached hydrogens (tertiary/aromatic N) is 2. The van der Waals surface area contributed by atoms with Crippen LogP contribution in [0.3, 0.4) is 0 Å². The molecule has 0 radical (unpaired) electrons. The quantitative estimate of drug-likeness (QED) is 0.481. The molecular weight excluding hydrogens is 461 g/mol. The topological polar surface area (TPSA) is 65.8 Å². The van der Waals surface area contributed by atoms with Crippen LogP contribution in [0.1, 0.15) is 12.7 Å². The molecular formula is C25H23Cl2N3O3. The highest BCUT2D eigenvalue weighted by Crippen LogP contribution is 2.31. The molecule has 0 atom stereocenters. The van der Waals surface area contributed by atoms with Crippen LogP contribution in [0, 0.1) is 0 Å². The lowest BCUT2D eigenvalue weighted by atomic mass is 10.2. The zero-order chi connectivity index (χ0) is 23.4. The van der Waals surface area contributed by atoms with Gasteiger partial charge in [0.15, 0.2) is 0 Å². The van der Waals surface area contributed by atoms with Crippen molar-refractivity contribution in [3.05, 3.63) is 76.5 Å². The fraction of sp³-hybridized carbons (Fsp3) is 0.200. The summed E-state index contributed by atoms with van der Waals surface area (Å²) >= 11 is 12.2. The number of benzene rings is 2. The fourth-order valence-electron chi connectivity index (χ4n) is 3.65. The van der Waals surface area contributed by atoms with Gasteiger partial charge in [0, 0.05) is 61.1 Å². The molecule has 1 aliphatic heterocycles. The van der Waals surface area contributed by atoms with E-state index >= 15 is 0 Å². The maximum atomic E-state index is 12.3. The third-order valence-corrected chi connectivity index (χ3v) is 6.00. The summed E-state index contributed by atoms with van der Waals surface area (Å²) in [6, 6.07) is 16.4. The highest BCUT2D eigenvalue weighted by Gasteiger charge is 2.18. The van der Waals surface area contributed by atoms with Crippen molar-refractivity contribution in [2.45, 2.75) is 6.92 Å². The SMILES string of the molecule is CC(=O)N1CCN(c2ccc(NC(=O)/C=C/c3ccc(-c4ccc(Cl)cc4Cl)o3)cc2)CC1. The molecule has 1 fully saturated rings. The zero-order valence-electron chi connectivity index (χ0n) is 18.1. The van der Waals surface area contributed by atoms with Crippen LogP contribution in [0.25, 0.3) is 17.4 Å². The van der Waals surface area contributed by atoms with E-state index in [1.54, 1.807) is 43.3 Å². The summed E-state index contributed by atoms with van der Waals surface area (Å²) < 4.78 is 5.77. The van der Waals surface area contributed by atoms with E-state index in [2.05, 4.69) is 10.2 Å². The lowest BCUT2D eigenvalue weighted by Crippen LogP contribution is -2.48. The maximum absolute atomic E-state index is 12.3. The summed E-state index contributed by atoms with van der Waals surface area (Å²) in [6.07, 6.45) is 3.02. The number of carbonyl (C=O) groups is 2. The van der Waals surface area contributed by atoms with Gasteiger partial charge < -0.3 is 19.5 Å². The second-order valence-electron chi connectivity index (χ2n) is 7.69. The summed E-state index contributed by atoms with van der Waals surface area (Å²) in [5.41, 5.74) is 2.49. The minimum atomic E-state index is -0.264. The predicted octanol–water partition coefficient (Wildman–Crippen LogP) is 5.57. The van der Waals surface area contributed by atoms with Gasteiger partial charge >= 0.3 is 0 Å². The van der Waals surface area contributed by atoms with E-state index in [0.717, 1.165) is 37.4 Å². The van der Waals surface area contributed by atoms with Crippen molar-refractivity contribution in [1.29, 1.82) is 0 Å². The van der Waals surface area contributed by atoms with Crippen LogP contribution in [0.5, 0.6) is 0 Å². The van der Waals surface area contributed by atoms with Gasteiger partial charge in [-0.15, -0.1) is 0 Å². The minimum Gasteiger partial charge on any atom is -0.457 e. The average molecular weight is 484 g/mol. The van der Waals surface area contributed by atoms with Gasteiger partial charge in [-0.3, -0.25) is 9.59 Å². The van der Waals surface area contributed by atoms with E-state index in [0.29, 0.717) is 27.3 Å². The molecule has 33 heavy (non-hydrogen) atoms. The number of anilines is 2. The predicted molar refractivity (Wildman–Crippen MR) is 133 cm³/mol. The Morgan fingerprint density at radius 3 is 2.36 bits per heavy atom. The average Bonchev–Trinajstić information content (AvgIpc) is 3.27. The van der Waals surface area contributed by atoms with Crippen molar-refractivity contribution in [2.24, 2.45) is 0 Å². The summed E-state index contributed by atoms with van der Waals surface area (Å²) in [5, 5.41) is 3.89. The molecule has 1 aromatic heterocycles. The first-order chi connectivity index (χ1) is 15.9. The number of hydrogen-bond acceptors (Lipinski definition) is 4. The van der Waals surface area contributed by atoms with Crippen molar-refractivity contribution < 1.29 is 14.0 Å². The van der Waals surface area contributed by atoms with Crippen LogP contribution >= 0.6 is 23.2 Å². The van der Waals surface area contributed by atoms with E-state index in [1.807, 2.05) is 29.2 Å². The van der Waals surface area contributed by atoms with Gasteiger partial charge in [0.25, 0.3) is 0 Å². The number of rotatable bonds is 5. The number of amides is 2. The summed E-state index contributed by atoms with van der Waals surface area (Å²) in [4.78, 5) is 27.9. The van der Waals surface area contributed by atoms with E-state index in [9.17, 15) is 9.59 Å². The Hall–Kier alpha value is -3.22. The number of nitrogens with one attached hydrogen (secondary N) is 1. The van der Waals surface area contributed by atoms with Crippen molar-refractivity contribution in [3.63, 3.8) is 0 Å². The van der Waals surface area contributed by atoms with E-state index in [4.69, 9.17) is 27.6 Å². The molecule has 2 amide bonds. The minimum absolute atomic E-state index is 0.111. The Morgan fingerprint density at radius 2 is 1.70 bits per heavy atom. The second kappa shape index (κ2) is 10.1. The first-order valence-corrected chi connectivity index (χ1v) is 11.3. The Balaban J connectivity index is 1.33. The molecule has 0 saturated carbocycles. The molecule has 6 nitrogen and oxygen atoms in total. The molecule has 0 unspecified atom stereocenters. The smallest absolute Gasteiger partial charge is 0.248 e. The van der Waals surface area contributed by atoms with Gasteiger partial charge in [-0.05, 0) is 60.7 Å². The fourth-order valence-corrected chi connectivity index (χ4v) is 4.15. The van der Waals surface area contributed by atoms with E-state index in [-0.39, 0.29) is 11.8 Å². The Labute approximate surface area is 202 Å². The molecule has 0 aliphatic carbocycles. The molecule has 4 rings (SSSR count). The van der Waals surface area contributed by atoms with Gasteiger partial charge in [0.05, 0.1) is 5.02 Å². The summed E-state index contributed by atoms with van der Waals surface area (Å²) in [7, 11) is 0. The summed E-state index contributed by atoms with van der Waals surface area (Å²) in [6.45, 7) is 4.62. The monoisotopic (exact) mass is 483 g/mol. The number of furan rings is 1. The van der Waals surface area contributed by atoms with Crippen LogP contribution in [0.4, 0.5) is 11.4 Å². The molecule has 1 saturated heterocycles. The molecule has 170 valence electrons. The lowest BCUT2D eigenvalue weighted by Gasteiger charge is -2.35. The van der Waals surface area contributed by atoms with Gasteiger partial charge in [-0.1, -0.05) is 23.2 Å². The molecule has 2 heterocycles. The third kappa shape index (κ3) is 5.78. The Kier molecular flexibility index (Phi) is 7.06. The number of piperazine rings is 1. The van der Waals surface area contributed by atoms with Gasteiger partial charge in [-0.2, -0.15) is 0 Å². The number of halogens is 2. The standard InChI is InChI=1S/C25H23Cl2N3O3/c1-17(31)29-12-14-30(15-13-29)20-5-3-19(4-6-20)28-25(32)11-8-21-7-10-24(33-21)22-9-2-18(26)16-23(22)27/h2-11,16H,12-15H2,1H3,(H,28,32)/b11-8+. The molecule has 8 heteroatoms. The molecule has 0 bridgehead atoms. The number of carbonyl (C=O) groups excluding carboxylic acids is 2. The van der Waals surface area contributed by atoms with Gasteiger partial charge in [0.1, 0.15) is 11.5 Å². The first-order valence-electron chi connectivity index (χ1n) is 10.5. The highest BCUT2D eigenvalue weighted by atomic mass is 35.5. The van der Waals surface area contributed by atoms with Crippen LogP contribution in [0.2, 0.25) is 10.0 Å². The normalized spacial score (nSPS) is 14.0. The van der Waals surface area contributed by atoms with Crippen LogP contribution in [0.15, 0.2) is 65.1 Å². The van der Waals surface area contributed by atoms with Crippen LogP contribution < -0.4 is 10.2 Å². The van der Waals surface area contributed by atoms with E-state index < -0.39 is 0 Å². The van der Waals surface area contributed by atoms with Crippen molar-refractivity contribution >= 4 is 52.5 Å². The molecule has 2 aromatic carbocycles. The molecule has 1 aliphatic rings. The van der Waals surface area contributed by atoms with Gasteiger partial charge in [-0.25, -0.2) is 0 Å². The largest absolute Gasteiger partial charge is 0.457 e. The number of hydrogen-bond donors (Lipinski definition) is 1. The van der Waals surface area contributed by atoms with E-state index in [1.165, 1.54) is 6.08 Å². The van der Waals surface area contributed by atoms with Crippen molar-refractivity contribution in [3.8, 4) is 11.3 Å². The first kappa shape index (κ1) is 23.0. The Bertz CT molecular complexity index is 1180. The molecule has 1 N–H and O–H groups in total. The Morgan fingerprint density at radius 1 is 0.970 bits per heavy atom. The van der Waals surface area contributed by atoms with Crippen LogP contribution in [-0.2, 0) is 9.59 Å². The molecule has 3 aromatic rings. The van der Waals surface area contributed by atoms with Crippen LogP contribution in [-0.4, -0.2) is 42.9 Å². The third-order valence-electron chi connectivity index (χ3n) is 5.45. The summed E-state index contributed by atoms with van der Waals surface area (Å²) in [5.74, 6) is 0.975. The van der Waals surface area contributed by atoms with Crippen molar-refractivity contribution in [2.75, 3.05) is 36.4 Å². The highest BCUT2D eigenvalue weighted by molar-refractivity contribution is 6.36. The van der Waals surface area contributed by atoms with Crippen molar-refractivity contribution in [1.82, 2.24) is 4.90 Å². The second-order valence-corrected chi connectivity index (χ2v) is 8.53.